The average molecular weight is 726 g/mol. The standard InChI is InChI=1S/C54H35N3/c1-4-18-37(19-5-1)51-55-52(57-53(56-51)48-31-16-29-44-43(28-15-30-45(44)48)42-27-14-20-36-17-10-11-25-41(36)42)38-33-34-47-46-26-12-13-32-49(46)54(50(47)35-38,39-21-6-2-7-22-39)40-23-8-3-9-24-40/h1-35H. The molecule has 1 aliphatic carbocycles. The summed E-state index contributed by atoms with van der Waals surface area (Å²) in [5.74, 6) is 1.91. The third-order valence-corrected chi connectivity index (χ3v) is 11.6. The normalized spacial score (nSPS) is 12.7. The molecular weight excluding hydrogens is 691 g/mol. The molecule has 0 unspecified atom stereocenters. The predicted octanol–water partition coefficient (Wildman–Crippen LogP) is 13.2. The number of nitrogens with zero attached hydrogens (tertiary/aromatic N) is 3. The van der Waals surface area contributed by atoms with Gasteiger partial charge in [0.2, 0.25) is 0 Å². The molecule has 0 radical (unpaired) electrons. The molecule has 1 heterocycles. The summed E-state index contributed by atoms with van der Waals surface area (Å²) < 4.78 is 0. The number of aromatic nitrogens is 3. The van der Waals surface area contributed by atoms with Crippen LogP contribution in [0.5, 0.6) is 0 Å². The van der Waals surface area contributed by atoms with Gasteiger partial charge in [-0.2, -0.15) is 0 Å². The summed E-state index contributed by atoms with van der Waals surface area (Å²) in [6.45, 7) is 0. The molecule has 10 aromatic rings. The third kappa shape index (κ3) is 5.24. The van der Waals surface area contributed by atoms with Gasteiger partial charge in [-0.25, -0.2) is 15.0 Å². The van der Waals surface area contributed by atoms with Gasteiger partial charge in [-0.1, -0.05) is 206 Å². The molecule has 11 rings (SSSR count). The van der Waals surface area contributed by atoms with Crippen LogP contribution in [0.2, 0.25) is 0 Å². The quantitative estimate of drug-likeness (QED) is 0.171. The minimum absolute atomic E-state index is 0.532. The molecule has 0 saturated heterocycles. The van der Waals surface area contributed by atoms with Crippen LogP contribution in [0.25, 0.3) is 78.0 Å². The van der Waals surface area contributed by atoms with Crippen LogP contribution < -0.4 is 0 Å². The second kappa shape index (κ2) is 13.4. The topological polar surface area (TPSA) is 38.7 Å². The Morgan fingerprint density at radius 2 is 0.754 bits per heavy atom. The number of fused-ring (bicyclic) bond motifs is 5. The van der Waals surface area contributed by atoms with Gasteiger partial charge in [-0.05, 0) is 72.1 Å². The summed E-state index contributed by atoms with van der Waals surface area (Å²) in [4.78, 5) is 15.8. The minimum Gasteiger partial charge on any atom is -0.208 e. The van der Waals surface area contributed by atoms with Crippen molar-refractivity contribution in [2.75, 3.05) is 0 Å². The Morgan fingerprint density at radius 3 is 1.49 bits per heavy atom. The lowest BCUT2D eigenvalue weighted by Crippen LogP contribution is -2.28. The Labute approximate surface area is 331 Å². The van der Waals surface area contributed by atoms with E-state index in [1.807, 2.05) is 18.2 Å². The van der Waals surface area contributed by atoms with E-state index in [0.29, 0.717) is 17.5 Å². The van der Waals surface area contributed by atoms with E-state index < -0.39 is 5.41 Å². The minimum atomic E-state index is -0.532. The Morgan fingerprint density at radius 1 is 0.281 bits per heavy atom. The monoisotopic (exact) mass is 725 g/mol. The molecule has 0 bridgehead atoms. The first kappa shape index (κ1) is 32.9. The van der Waals surface area contributed by atoms with Gasteiger partial charge in [0.15, 0.2) is 17.5 Å². The lowest BCUT2D eigenvalue weighted by molar-refractivity contribution is 0.768. The Bertz CT molecular complexity index is 3070. The smallest absolute Gasteiger partial charge is 0.164 e. The van der Waals surface area contributed by atoms with Crippen molar-refractivity contribution >= 4 is 21.5 Å². The number of benzene rings is 9. The van der Waals surface area contributed by atoms with Crippen LogP contribution in [-0.2, 0) is 5.41 Å². The zero-order valence-corrected chi connectivity index (χ0v) is 31.0. The first-order valence-electron chi connectivity index (χ1n) is 19.4. The molecule has 9 aromatic carbocycles. The van der Waals surface area contributed by atoms with E-state index >= 15 is 0 Å². The van der Waals surface area contributed by atoms with Crippen molar-refractivity contribution in [1.29, 1.82) is 0 Å². The van der Waals surface area contributed by atoms with Gasteiger partial charge in [0, 0.05) is 16.7 Å². The van der Waals surface area contributed by atoms with Crippen molar-refractivity contribution in [3.63, 3.8) is 0 Å². The van der Waals surface area contributed by atoms with E-state index in [1.165, 1.54) is 55.3 Å². The zero-order valence-electron chi connectivity index (χ0n) is 31.0. The molecule has 0 fully saturated rings. The summed E-state index contributed by atoms with van der Waals surface area (Å²) in [5.41, 5.74) is 12.1. The fourth-order valence-electron chi connectivity index (χ4n) is 9.13. The van der Waals surface area contributed by atoms with Crippen molar-refractivity contribution in [2.24, 2.45) is 0 Å². The first-order chi connectivity index (χ1) is 28.3. The van der Waals surface area contributed by atoms with Crippen LogP contribution in [0.3, 0.4) is 0 Å². The lowest BCUT2D eigenvalue weighted by atomic mass is 9.67. The average Bonchev–Trinajstić information content (AvgIpc) is 3.59. The molecule has 3 heteroatoms. The molecule has 1 aromatic heterocycles. The molecule has 266 valence electrons. The van der Waals surface area contributed by atoms with Crippen molar-refractivity contribution in [3.8, 4) is 56.4 Å². The van der Waals surface area contributed by atoms with E-state index in [1.54, 1.807) is 0 Å². The van der Waals surface area contributed by atoms with Gasteiger partial charge in [0.1, 0.15) is 0 Å². The first-order valence-corrected chi connectivity index (χ1v) is 19.4. The molecule has 0 amide bonds. The van der Waals surface area contributed by atoms with Crippen LogP contribution in [0.4, 0.5) is 0 Å². The van der Waals surface area contributed by atoms with Gasteiger partial charge in [-0.3, -0.25) is 0 Å². The largest absolute Gasteiger partial charge is 0.208 e. The third-order valence-electron chi connectivity index (χ3n) is 11.6. The molecular formula is C54H35N3. The van der Waals surface area contributed by atoms with Crippen molar-refractivity contribution in [2.45, 2.75) is 5.41 Å². The van der Waals surface area contributed by atoms with E-state index in [-0.39, 0.29) is 0 Å². The van der Waals surface area contributed by atoms with Gasteiger partial charge >= 0.3 is 0 Å². The van der Waals surface area contributed by atoms with Gasteiger partial charge in [0.05, 0.1) is 5.41 Å². The van der Waals surface area contributed by atoms with Crippen LogP contribution in [0, 0.1) is 0 Å². The van der Waals surface area contributed by atoms with E-state index in [4.69, 9.17) is 15.0 Å². The summed E-state index contributed by atoms with van der Waals surface area (Å²) in [6, 6.07) is 75.8. The fourth-order valence-corrected chi connectivity index (χ4v) is 9.13. The van der Waals surface area contributed by atoms with Crippen molar-refractivity contribution < 1.29 is 0 Å². The van der Waals surface area contributed by atoms with Crippen molar-refractivity contribution in [1.82, 2.24) is 15.0 Å². The summed E-state index contributed by atoms with van der Waals surface area (Å²) in [5, 5.41) is 4.70. The number of rotatable bonds is 6. The summed E-state index contributed by atoms with van der Waals surface area (Å²) in [6.07, 6.45) is 0. The highest BCUT2D eigenvalue weighted by Gasteiger charge is 2.46. The molecule has 0 atom stereocenters. The Balaban J connectivity index is 1.14. The van der Waals surface area contributed by atoms with Gasteiger partial charge < -0.3 is 0 Å². The highest BCUT2D eigenvalue weighted by Crippen LogP contribution is 2.56. The predicted molar refractivity (Wildman–Crippen MR) is 234 cm³/mol. The Kier molecular flexibility index (Phi) is 7.71. The zero-order chi connectivity index (χ0) is 37.8. The maximum Gasteiger partial charge on any atom is 0.164 e. The highest BCUT2D eigenvalue weighted by atomic mass is 15.0. The number of hydrogen-bond acceptors (Lipinski definition) is 3. The van der Waals surface area contributed by atoms with Gasteiger partial charge in [0.25, 0.3) is 0 Å². The molecule has 0 N–H and O–H groups in total. The molecule has 0 saturated carbocycles. The van der Waals surface area contributed by atoms with Gasteiger partial charge in [-0.15, -0.1) is 0 Å². The molecule has 0 spiro atoms. The number of hydrogen-bond donors (Lipinski definition) is 0. The van der Waals surface area contributed by atoms with Crippen molar-refractivity contribution in [3.05, 3.63) is 235 Å². The van der Waals surface area contributed by atoms with E-state index in [0.717, 1.165) is 27.5 Å². The summed E-state index contributed by atoms with van der Waals surface area (Å²) in [7, 11) is 0. The van der Waals surface area contributed by atoms with Crippen LogP contribution in [0.15, 0.2) is 212 Å². The maximum atomic E-state index is 5.35. The molecule has 3 nitrogen and oxygen atoms in total. The molecule has 1 aliphatic rings. The maximum absolute atomic E-state index is 5.35. The fraction of sp³-hybridized carbons (Fsp3) is 0.0185. The van der Waals surface area contributed by atoms with Crippen LogP contribution in [0.1, 0.15) is 22.3 Å². The molecule has 57 heavy (non-hydrogen) atoms. The Hall–Kier alpha value is -7.49. The van der Waals surface area contributed by atoms with E-state index in [2.05, 4.69) is 194 Å². The molecule has 0 aliphatic heterocycles. The second-order valence-electron chi connectivity index (χ2n) is 14.7. The highest BCUT2D eigenvalue weighted by molar-refractivity contribution is 6.08. The van der Waals surface area contributed by atoms with Crippen LogP contribution in [-0.4, -0.2) is 15.0 Å². The lowest BCUT2D eigenvalue weighted by Gasteiger charge is -2.34. The second-order valence-corrected chi connectivity index (χ2v) is 14.7. The van der Waals surface area contributed by atoms with Crippen LogP contribution >= 0.6 is 0 Å². The SMILES string of the molecule is c1ccc(-c2nc(-c3ccc4c(c3)C(c3ccccc3)(c3ccccc3)c3ccccc3-4)nc(-c3cccc4c(-c5cccc6ccccc56)cccc34)n2)cc1. The van der Waals surface area contributed by atoms with E-state index in [9.17, 15) is 0 Å². The summed E-state index contributed by atoms with van der Waals surface area (Å²) >= 11 is 0.